The van der Waals surface area contributed by atoms with Crippen LogP contribution < -0.4 is 15.4 Å². The van der Waals surface area contributed by atoms with Gasteiger partial charge in [-0.25, -0.2) is 9.59 Å². The van der Waals surface area contributed by atoms with Crippen molar-refractivity contribution in [3.8, 4) is 5.88 Å². The van der Waals surface area contributed by atoms with Crippen molar-refractivity contribution in [2.24, 2.45) is 0 Å². The van der Waals surface area contributed by atoms with Crippen LogP contribution in [0.3, 0.4) is 0 Å². The van der Waals surface area contributed by atoms with E-state index in [-0.39, 0.29) is 36.3 Å². The largest absolute Gasteiger partial charge is 0.481 e. The molecule has 0 bridgehead atoms. The molecule has 1 aromatic rings. The third-order valence-electron chi connectivity index (χ3n) is 2.30. The fraction of sp³-hybridized carbons (Fsp3) is 0.385. The van der Waals surface area contributed by atoms with Crippen molar-refractivity contribution in [1.29, 1.82) is 0 Å². The molecule has 4 N–H and O–H groups in total. The van der Waals surface area contributed by atoms with Crippen LogP contribution in [0.5, 0.6) is 5.88 Å². The van der Waals surface area contributed by atoms with E-state index >= 15 is 0 Å². The molecular weight excluding hydrogens is 340 g/mol. The number of esters is 2. The zero-order valence-electron chi connectivity index (χ0n) is 13.7. The van der Waals surface area contributed by atoms with E-state index in [2.05, 4.69) is 30.1 Å². The van der Waals surface area contributed by atoms with Gasteiger partial charge < -0.3 is 25.0 Å². The maximum Gasteiger partial charge on any atom is 0.397 e. The van der Waals surface area contributed by atoms with Gasteiger partial charge in [0, 0.05) is 6.07 Å². The van der Waals surface area contributed by atoms with E-state index in [0.717, 1.165) is 0 Å². The molecule has 1 aromatic heterocycles. The van der Waals surface area contributed by atoms with Gasteiger partial charge in [-0.2, -0.15) is 9.97 Å². The van der Waals surface area contributed by atoms with Gasteiger partial charge in [-0.3, -0.25) is 14.9 Å². The second-order valence-electron chi connectivity index (χ2n) is 3.97. The summed E-state index contributed by atoms with van der Waals surface area (Å²) in [6, 6.07) is 1.21. The van der Waals surface area contributed by atoms with Gasteiger partial charge in [0.15, 0.2) is 0 Å². The number of aromatic nitrogens is 2. The Balaban J connectivity index is 0.00000576. The lowest BCUT2D eigenvalue weighted by atomic mass is 10.5. The summed E-state index contributed by atoms with van der Waals surface area (Å²) in [7, 11) is 1.29. The number of hydrogen-bond acceptors (Lipinski definition) is 9. The molecule has 0 aliphatic carbocycles. The van der Waals surface area contributed by atoms with Gasteiger partial charge in [0.2, 0.25) is 11.8 Å². The maximum absolute atomic E-state index is 11.6. The SMILES string of the molecule is CCOC(=O)C(=O)Nc1cc(OC)nc(NC(=O)C(=O)OCC)n1.O. The van der Waals surface area contributed by atoms with Gasteiger partial charge in [0.05, 0.1) is 20.3 Å². The third kappa shape index (κ3) is 6.78. The molecule has 25 heavy (non-hydrogen) atoms. The van der Waals surface area contributed by atoms with E-state index in [1.165, 1.54) is 20.1 Å². The molecule has 12 nitrogen and oxygen atoms in total. The summed E-state index contributed by atoms with van der Waals surface area (Å²) in [6.07, 6.45) is 0. The molecular formula is C13H18N4O8. The summed E-state index contributed by atoms with van der Waals surface area (Å²) >= 11 is 0. The van der Waals surface area contributed by atoms with Crippen LogP contribution in [0, 0.1) is 0 Å². The zero-order valence-corrected chi connectivity index (χ0v) is 13.7. The zero-order chi connectivity index (χ0) is 18.1. The molecule has 0 aliphatic rings. The Bertz CT molecular complexity index is 599. The summed E-state index contributed by atoms with van der Waals surface area (Å²) in [5.41, 5.74) is 0. The number of nitrogens with one attached hydrogen (secondary N) is 2. The lowest BCUT2D eigenvalue weighted by Gasteiger charge is -2.08. The summed E-state index contributed by atoms with van der Waals surface area (Å²) in [5, 5.41) is 4.24. The second-order valence-corrected chi connectivity index (χ2v) is 3.97. The standard InChI is InChI=1S/C13H16N4O7.H2O/c1-4-23-11(20)9(18)14-7-6-8(22-3)16-13(15-7)17-10(19)12(21)24-5-2;/h6H,4-5H2,1-3H3,(H2,14,15,16,17,18,19);1H2. The average Bonchev–Trinajstić information content (AvgIpc) is 2.54. The van der Waals surface area contributed by atoms with Crippen LogP contribution in [0.2, 0.25) is 0 Å². The molecule has 0 spiro atoms. The smallest absolute Gasteiger partial charge is 0.397 e. The number of hydrogen-bond donors (Lipinski definition) is 2. The third-order valence-corrected chi connectivity index (χ3v) is 2.30. The van der Waals surface area contributed by atoms with Crippen LogP contribution in [0.15, 0.2) is 6.07 Å². The highest BCUT2D eigenvalue weighted by atomic mass is 16.5. The molecule has 0 unspecified atom stereocenters. The molecule has 12 heteroatoms. The van der Waals surface area contributed by atoms with E-state index < -0.39 is 23.8 Å². The normalized spacial score (nSPS) is 9.24. The number of rotatable bonds is 5. The quantitative estimate of drug-likeness (QED) is 0.476. The van der Waals surface area contributed by atoms with Crippen molar-refractivity contribution in [3.05, 3.63) is 6.07 Å². The van der Waals surface area contributed by atoms with Crippen molar-refractivity contribution in [1.82, 2.24) is 9.97 Å². The lowest BCUT2D eigenvalue weighted by Crippen LogP contribution is -2.27. The second kappa shape index (κ2) is 10.5. The van der Waals surface area contributed by atoms with Gasteiger partial charge in [-0.15, -0.1) is 0 Å². The van der Waals surface area contributed by atoms with Crippen molar-refractivity contribution in [3.63, 3.8) is 0 Å². The molecule has 0 fully saturated rings. The first-order chi connectivity index (χ1) is 11.4. The minimum absolute atomic E-state index is 0. The van der Waals surface area contributed by atoms with Crippen molar-refractivity contribution in [2.45, 2.75) is 13.8 Å². The Kier molecular flexibility index (Phi) is 9.11. The summed E-state index contributed by atoms with van der Waals surface area (Å²) in [4.78, 5) is 53.3. The lowest BCUT2D eigenvalue weighted by molar-refractivity contribution is -0.152. The van der Waals surface area contributed by atoms with E-state index in [0.29, 0.717) is 0 Å². The summed E-state index contributed by atoms with van der Waals surface area (Å²) in [5.74, 6) is -4.89. The number of amides is 2. The fourth-order valence-electron chi connectivity index (χ4n) is 1.36. The van der Waals surface area contributed by atoms with Crippen LogP contribution in [-0.2, 0) is 28.7 Å². The van der Waals surface area contributed by atoms with Crippen LogP contribution in [0.25, 0.3) is 0 Å². The van der Waals surface area contributed by atoms with E-state index in [4.69, 9.17) is 4.74 Å². The first kappa shape index (κ1) is 21.7. The molecule has 0 atom stereocenters. The van der Waals surface area contributed by atoms with Gasteiger partial charge in [0.1, 0.15) is 5.82 Å². The van der Waals surface area contributed by atoms with Gasteiger partial charge in [-0.1, -0.05) is 0 Å². The first-order valence-electron chi connectivity index (χ1n) is 6.80. The number of methoxy groups -OCH3 is 1. The molecule has 0 saturated heterocycles. The van der Waals surface area contributed by atoms with E-state index in [9.17, 15) is 19.2 Å². The predicted octanol–water partition coefficient (Wildman–Crippen LogP) is -1.34. The van der Waals surface area contributed by atoms with Crippen molar-refractivity contribution in [2.75, 3.05) is 31.0 Å². The highest BCUT2D eigenvalue weighted by Crippen LogP contribution is 2.16. The molecule has 0 aromatic carbocycles. The maximum atomic E-state index is 11.6. The van der Waals surface area contributed by atoms with Crippen molar-refractivity contribution < 1.29 is 38.9 Å². The van der Waals surface area contributed by atoms with Gasteiger partial charge in [0.25, 0.3) is 0 Å². The van der Waals surface area contributed by atoms with Crippen LogP contribution in [0.1, 0.15) is 13.8 Å². The topological polar surface area (TPSA) is 177 Å². The molecule has 138 valence electrons. The Morgan fingerprint density at radius 1 is 0.960 bits per heavy atom. The minimum Gasteiger partial charge on any atom is -0.481 e. The molecule has 1 heterocycles. The number of anilines is 2. The van der Waals surface area contributed by atoms with Crippen LogP contribution >= 0.6 is 0 Å². The monoisotopic (exact) mass is 358 g/mol. The van der Waals surface area contributed by atoms with Crippen molar-refractivity contribution >= 4 is 35.5 Å². The van der Waals surface area contributed by atoms with Gasteiger partial charge in [-0.05, 0) is 13.8 Å². The molecule has 1 rings (SSSR count). The number of ether oxygens (including phenoxy) is 3. The Hall–Kier alpha value is -3.28. The average molecular weight is 358 g/mol. The summed E-state index contributed by atoms with van der Waals surface area (Å²) in [6.45, 7) is 3.13. The van der Waals surface area contributed by atoms with E-state index in [1.807, 2.05) is 0 Å². The highest BCUT2D eigenvalue weighted by Gasteiger charge is 2.19. The fourth-order valence-corrected chi connectivity index (χ4v) is 1.36. The number of nitrogens with zero attached hydrogens (tertiary/aromatic N) is 2. The number of carbonyl (C=O) groups excluding carboxylic acids is 4. The number of carbonyl (C=O) groups is 4. The van der Waals surface area contributed by atoms with Gasteiger partial charge >= 0.3 is 23.8 Å². The molecule has 0 aliphatic heterocycles. The molecule has 0 radical (unpaired) electrons. The Morgan fingerprint density at radius 2 is 1.48 bits per heavy atom. The summed E-state index contributed by atoms with van der Waals surface area (Å²) < 4.78 is 13.9. The van der Waals surface area contributed by atoms with E-state index in [1.54, 1.807) is 6.92 Å². The predicted molar refractivity (Wildman–Crippen MR) is 82.7 cm³/mol. The van der Waals surface area contributed by atoms with Crippen LogP contribution in [0.4, 0.5) is 11.8 Å². The highest BCUT2D eigenvalue weighted by molar-refractivity contribution is 6.37. The Labute approximate surface area is 142 Å². The minimum atomic E-state index is -1.12. The first-order valence-corrected chi connectivity index (χ1v) is 6.80. The molecule has 0 saturated carbocycles. The molecule has 2 amide bonds. The van der Waals surface area contributed by atoms with Crippen LogP contribution in [-0.4, -0.2) is 59.5 Å². The Morgan fingerprint density at radius 3 is 1.96 bits per heavy atom.